The maximum atomic E-state index is 12.2. The zero-order chi connectivity index (χ0) is 16.9. The predicted octanol–water partition coefficient (Wildman–Crippen LogP) is 3.22. The normalized spacial score (nSPS) is 10.4. The molecule has 0 amide bonds. The quantitative estimate of drug-likeness (QED) is 0.535. The Balaban J connectivity index is 1.70. The van der Waals surface area contributed by atoms with Gasteiger partial charge in [0.2, 0.25) is 0 Å². The number of ketones is 1. The monoisotopic (exact) mass is 320 g/mol. The molecular formula is C19H16N2O3. The zero-order valence-electron chi connectivity index (χ0n) is 13.2. The molecule has 0 atom stereocenters. The van der Waals surface area contributed by atoms with Crippen LogP contribution in [0.25, 0.3) is 5.69 Å². The number of nitrogens with zero attached hydrogens (tertiary/aromatic N) is 2. The van der Waals surface area contributed by atoms with E-state index in [2.05, 4.69) is 5.10 Å². The van der Waals surface area contributed by atoms with Crippen molar-refractivity contribution in [2.45, 2.75) is 6.92 Å². The van der Waals surface area contributed by atoms with E-state index in [1.807, 2.05) is 36.4 Å². The van der Waals surface area contributed by atoms with Gasteiger partial charge in [0.15, 0.2) is 12.4 Å². The number of hydrogen-bond donors (Lipinski definition) is 0. The van der Waals surface area contributed by atoms with E-state index in [4.69, 9.17) is 4.74 Å². The smallest absolute Gasteiger partial charge is 0.342 e. The van der Waals surface area contributed by atoms with Crippen LogP contribution in [0.4, 0.5) is 0 Å². The maximum Gasteiger partial charge on any atom is 0.342 e. The van der Waals surface area contributed by atoms with Crippen LogP contribution in [0.15, 0.2) is 66.9 Å². The molecule has 0 aliphatic heterocycles. The molecular weight excluding hydrogens is 304 g/mol. The van der Waals surface area contributed by atoms with Crippen LogP contribution in [-0.2, 0) is 4.74 Å². The largest absolute Gasteiger partial charge is 0.454 e. The summed E-state index contributed by atoms with van der Waals surface area (Å²) >= 11 is 0. The van der Waals surface area contributed by atoms with Crippen molar-refractivity contribution >= 4 is 11.8 Å². The number of para-hydroxylation sites is 1. The number of esters is 1. The number of Topliss-reactive ketones (excluding diaryl/α,β-unsaturated/α-hetero) is 1. The molecule has 0 radical (unpaired) electrons. The van der Waals surface area contributed by atoms with Crippen molar-refractivity contribution in [1.82, 2.24) is 9.78 Å². The fourth-order valence-corrected chi connectivity index (χ4v) is 2.36. The first-order valence-electron chi connectivity index (χ1n) is 7.52. The maximum absolute atomic E-state index is 12.2. The fraction of sp³-hybridized carbons (Fsp3) is 0.105. The minimum absolute atomic E-state index is 0.239. The number of ether oxygens (including phenoxy) is 1. The summed E-state index contributed by atoms with van der Waals surface area (Å²) in [5, 5.41) is 4.22. The van der Waals surface area contributed by atoms with E-state index >= 15 is 0 Å². The molecule has 1 heterocycles. The van der Waals surface area contributed by atoms with Gasteiger partial charge in [0.25, 0.3) is 0 Å². The molecule has 0 fully saturated rings. The molecule has 3 rings (SSSR count). The van der Waals surface area contributed by atoms with Gasteiger partial charge in [-0.3, -0.25) is 4.79 Å². The Bertz CT molecular complexity index is 855. The third-order valence-corrected chi connectivity index (χ3v) is 3.66. The number of carbonyl (C=O) groups excluding carboxylic acids is 2. The van der Waals surface area contributed by atoms with Crippen molar-refractivity contribution in [1.29, 1.82) is 0 Å². The van der Waals surface area contributed by atoms with Crippen LogP contribution >= 0.6 is 0 Å². The summed E-state index contributed by atoms with van der Waals surface area (Å²) in [7, 11) is 0. The molecule has 120 valence electrons. The Morgan fingerprint density at radius 2 is 1.62 bits per heavy atom. The molecule has 0 saturated carbocycles. The number of carbonyl (C=O) groups is 2. The first-order chi connectivity index (χ1) is 11.7. The second kappa shape index (κ2) is 6.91. The van der Waals surface area contributed by atoms with E-state index in [0.717, 1.165) is 5.69 Å². The highest BCUT2D eigenvalue weighted by Gasteiger charge is 2.18. The SMILES string of the molecule is Cc1c(C(=O)OCC(=O)c2ccccc2)cnn1-c1ccccc1. The van der Waals surface area contributed by atoms with E-state index in [9.17, 15) is 9.59 Å². The number of hydrogen-bond acceptors (Lipinski definition) is 4. The van der Waals surface area contributed by atoms with Crippen LogP contribution in [0.2, 0.25) is 0 Å². The van der Waals surface area contributed by atoms with Gasteiger partial charge in [-0.15, -0.1) is 0 Å². The average molecular weight is 320 g/mol. The molecule has 1 aromatic heterocycles. The van der Waals surface area contributed by atoms with Crippen molar-refractivity contribution in [3.8, 4) is 5.69 Å². The van der Waals surface area contributed by atoms with Crippen LogP contribution in [0.3, 0.4) is 0 Å². The Hall–Kier alpha value is -3.21. The van der Waals surface area contributed by atoms with Gasteiger partial charge in [0.05, 0.1) is 17.6 Å². The molecule has 3 aromatic rings. The summed E-state index contributed by atoms with van der Waals surface area (Å²) in [6.45, 7) is 1.49. The first kappa shape index (κ1) is 15.7. The van der Waals surface area contributed by atoms with Gasteiger partial charge in [-0.1, -0.05) is 48.5 Å². The minimum Gasteiger partial charge on any atom is -0.454 e. The van der Waals surface area contributed by atoms with Crippen molar-refractivity contribution in [3.05, 3.63) is 83.7 Å². The highest BCUT2D eigenvalue weighted by molar-refractivity contribution is 5.99. The molecule has 0 bridgehead atoms. The highest BCUT2D eigenvalue weighted by Crippen LogP contribution is 2.15. The Morgan fingerprint density at radius 1 is 1.00 bits per heavy atom. The van der Waals surface area contributed by atoms with Gasteiger partial charge >= 0.3 is 5.97 Å². The van der Waals surface area contributed by atoms with E-state index in [1.54, 1.807) is 35.9 Å². The summed E-state index contributed by atoms with van der Waals surface area (Å²) in [5.41, 5.74) is 2.38. The topological polar surface area (TPSA) is 61.2 Å². The molecule has 0 aliphatic carbocycles. The lowest BCUT2D eigenvalue weighted by atomic mass is 10.1. The molecule has 5 nitrogen and oxygen atoms in total. The average Bonchev–Trinajstić information content (AvgIpc) is 3.02. The third-order valence-electron chi connectivity index (χ3n) is 3.66. The molecule has 0 saturated heterocycles. The molecule has 0 aliphatic rings. The summed E-state index contributed by atoms with van der Waals surface area (Å²) < 4.78 is 6.79. The number of benzene rings is 2. The Kier molecular flexibility index (Phi) is 4.52. The van der Waals surface area contributed by atoms with Crippen molar-refractivity contribution in [2.75, 3.05) is 6.61 Å². The summed E-state index contributed by atoms with van der Waals surface area (Å²) in [6.07, 6.45) is 1.46. The molecule has 2 aromatic carbocycles. The molecule has 0 unspecified atom stereocenters. The standard InChI is InChI=1S/C19H16N2O3/c1-14-17(12-20-21(14)16-10-6-3-7-11-16)19(23)24-13-18(22)15-8-4-2-5-9-15/h2-12H,13H2,1H3. The predicted molar refractivity (Wildman–Crippen MR) is 89.4 cm³/mol. The van der Waals surface area contributed by atoms with E-state index < -0.39 is 5.97 Å². The molecule has 0 N–H and O–H groups in total. The van der Waals surface area contributed by atoms with E-state index in [1.165, 1.54) is 6.20 Å². The van der Waals surface area contributed by atoms with Crippen molar-refractivity contribution < 1.29 is 14.3 Å². The Labute approximate surface area is 139 Å². The summed E-state index contributed by atoms with van der Waals surface area (Å²) in [5.74, 6) is -0.795. The van der Waals surface area contributed by atoms with Gasteiger partial charge in [0.1, 0.15) is 5.56 Å². The van der Waals surface area contributed by atoms with Gasteiger partial charge in [-0.05, 0) is 19.1 Å². The van der Waals surface area contributed by atoms with Crippen molar-refractivity contribution in [3.63, 3.8) is 0 Å². The zero-order valence-corrected chi connectivity index (χ0v) is 13.2. The van der Waals surface area contributed by atoms with Crippen LogP contribution in [-0.4, -0.2) is 28.1 Å². The summed E-state index contributed by atoms with van der Waals surface area (Å²) in [6, 6.07) is 18.2. The lowest BCUT2D eigenvalue weighted by Gasteiger charge is -2.06. The molecule has 5 heteroatoms. The van der Waals surface area contributed by atoms with Crippen LogP contribution in [0.5, 0.6) is 0 Å². The molecule has 24 heavy (non-hydrogen) atoms. The lowest BCUT2D eigenvalue weighted by molar-refractivity contribution is 0.0474. The van der Waals surface area contributed by atoms with Gasteiger partial charge in [0, 0.05) is 5.56 Å². The fourth-order valence-electron chi connectivity index (χ4n) is 2.36. The minimum atomic E-state index is -0.557. The Morgan fingerprint density at radius 3 is 2.29 bits per heavy atom. The first-order valence-corrected chi connectivity index (χ1v) is 7.52. The van der Waals surface area contributed by atoms with Crippen LogP contribution < -0.4 is 0 Å². The van der Waals surface area contributed by atoms with Crippen LogP contribution in [0.1, 0.15) is 26.4 Å². The van der Waals surface area contributed by atoms with Crippen LogP contribution in [0, 0.1) is 6.92 Å². The summed E-state index contributed by atoms with van der Waals surface area (Å²) in [4.78, 5) is 24.2. The van der Waals surface area contributed by atoms with E-state index in [-0.39, 0.29) is 12.4 Å². The van der Waals surface area contributed by atoms with Gasteiger partial charge in [-0.25, -0.2) is 9.48 Å². The van der Waals surface area contributed by atoms with Gasteiger partial charge < -0.3 is 4.74 Å². The highest BCUT2D eigenvalue weighted by atomic mass is 16.5. The van der Waals surface area contributed by atoms with Crippen molar-refractivity contribution in [2.24, 2.45) is 0 Å². The number of rotatable bonds is 5. The van der Waals surface area contributed by atoms with E-state index in [0.29, 0.717) is 16.8 Å². The number of aromatic nitrogens is 2. The lowest BCUT2D eigenvalue weighted by Crippen LogP contribution is -2.14. The molecule has 0 spiro atoms. The third kappa shape index (κ3) is 3.25. The van der Waals surface area contributed by atoms with Gasteiger partial charge in [-0.2, -0.15) is 5.10 Å². The second-order valence-electron chi connectivity index (χ2n) is 5.26. The second-order valence-corrected chi connectivity index (χ2v) is 5.26.